The predicted molar refractivity (Wildman–Crippen MR) is 88.2 cm³/mol. The summed E-state index contributed by atoms with van der Waals surface area (Å²) < 4.78 is 24.4. The van der Waals surface area contributed by atoms with Crippen LogP contribution in [0.5, 0.6) is 0 Å². The lowest BCUT2D eigenvalue weighted by Crippen LogP contribution is -2.17. The Bertz CT molecular complexity index is 791. The zero-order valence-corrected chi connectivity index (χ0v) is 13.8. The molecule has 116 valence electrons. The number of benzene rings is 2. The van der Waals surface area contributed by atoms with Gasteiger partial charge in [0.2, 0.25) is 5.91 Å². The van der Waals surface area contributed by atoms with E-state index in [2.05, 4.69) is 5.32 Å². The van der Waals surface area contributed by atoms with Gasteiger partial charge in [0.1, 0.15) is 0 Å². The number of anilines is 1. The number of hydrogen-bond donors (Lipinski definition) is 1. The molecule has 0 bridgehead atoms. The summed E-state index contributed by atoms with van der Waals surface area (Å²) in [5.41, 5.74) is 0.521. The molecule has 0 saturated carbocycles. The zero-order valence-electron chi connectivity index (χ0n) is 11.4. The topological polar surface area (TPSA) is 63.2 Å². The summed E-state index contributed by atoms with van der Waals surface area (Å²) >= 11 is 11.7. The monoisotopic (exact) mass is 357 g/mol. The molecule has 0 aliphatic carbocycles. The Kier molecular flexibility index (Phi) is 5.45. The van der Waals surface area contributed by atoms with Crippen LogP contribution in [0, 0.1) is 0 Å². The van der Waals surface area contributed by atoms with Gasteiger partial charge in [-0.05, 0) is 30.3 Å². The van der Waals surface area contributed by atoms with Crippen LogP contribution in [0.2, 0.25) is 10.0 Å². The molecule has 0 fully saturated rings. The lowest BCUT2D eigenvalue weighted by atomic mass is 10.3. The Labute approximate surface area is 139 Å². The van der Waals surface area contributed by atoms with Crippen molar-refractivity contribution >= 4 is 44.6 Å². The number of carbonyl (C=O) groups excluding carboxylic acids is 1. The molecule has 2 aromatic rings. The summed E-state index contributed by atoms with van der Waals surface area (Å²) in [5.74, 6) is -0.721. The molecule has 2 rings (SSSR count). The van der Waals surface area contributed by atoms with E-state index in [1.807, 2.05) is 0 Å². The second kappa shape index (κ2) is 7.13. The normalized spacial score (nSPS) is 11.2. The van der Waals surface area contributed by atoms with E-state index < -0.39 is 15.7 Å². The predicted octanol–water partition coefficient (Wildman–Crippen LogP) is 3.80. The van der Waals surface area contributed by atoms with E-state index in [1.165, 1.54) is 12.1 Å². The lowest BCUT2D eigenvalue weighted by molar-refractivity contribution is -0.115. The highest BCUT2D eigenvalue weighted by Crippen LogP contribution is 2.22. The molecule has 2 aromatic carbocycles. The van der Waals surface area contributed by atoms with Gasteiger partial charge >= 0.3 is 0 Å². The maximum absolute atomic E-state index is 12.2. The molecule has 0 aromatic heterocycles. The van der Waals surface area contributed by atoms with E-state index in [1.54, 1.807) is 36.4 Å². The summed E-state index contributed by atoms with van der Waals surface area (Å²) in [6.07, 6.45) is -0.167. The molecule has 1 amide bonds. The molecule has 0 heterocycles. The van der Waals surface area contributed by atoms with Gasteiger partial charge in [-0.3, -0.25) is 4.79 Å². The average molecular weight is 358 g/mol. The van der Waals surface area contributed by atoms with Crippen molar-refractivity contribution in [1.82, 2.24) is 0 Å². The molecule has 0 spiro atoms. The van der Waals surface area contributed by atoms with Crippen molar-refractivity contribution in [3.8, 4) is 0 Å². The van der Waals surface area contributed by atoms with Crippen molar-refractivity contribution in [2.75, 3.05) is 11.1 Å². The summed E-state index contributed by atoms with van der Waals surface area (Å²) in [5, 5.41) is 3.24. The first kappa shape index (κ1) is 16.8. The van der Waals surface area contributed by atoms with Crippen LogP contribution in [0.15, 0.2) is 53.4 Å². The Balaban J connectivity index is 2.00. The van der Waals surface area contributed by atoms with Gasteiger partial charge < -0.3 is 5.32 Å². The molecule has 1 N–H and O–H groups in total. The Morgan fingerprint density at radius 2 is 1.77 bits per heavy atom. The van der Waals surface area contributed by atoms with Crippen LogP contribution in [-0.4, -0.2) is 20.1 Å². The third kappa shape index (κ3) is 4.47. The quantitative estimate of drug-likeness (QED) is 0.884. The minimum atomic E-state index is -3.61. The van der Waals surface area contributed by atoms with E-state index in [4.69, 9.17) is 23.2 Å². The van der Waals surface area contributed by atoms with E-state index in [0.717, 1.165) is 0 Å². The van der Waals surface area contributed by atoms with Gasteiger partial charge in [0.25, 0.3) is 0 Å². The first-order chi connectivity index (χ1) is 10.4. The molecule has 4 nitrogen and oxygen atoms in total. The smallest absolute Gasteiger partial charge is 0.225 e. The zero-order chi connectivity index (χ0) is 16.2. The molecular weight excluding hydrogens is 345 g/mol. The second-order valence-corrected chi connectivity index (χ2v) is 7.48. The van der Waals surface area contributed by atoms with Crippen molar-refractivity contribution in [3.63, 3.8) is 0 Å². The van der Waals surface area contributed by atoms with Crippen molar-refractivity contribution in [1.29, 1.82) is 0 Å². The van der Waals surface area contributed by atoms with Gasteiger partial charge in [0.15, 0.2) is 9.84 Å². The molecule has 0 unspecified atom stereocenters. The van der Waals surface area contributed by atoms with Gasteiger partial charge in [-0.1, -0.05) is 41.4 Å². The molecular formula is C15H13Cl2NO3S. The van der Waals surface area contributed by atoms with Crippen LogP contribution in [-0.2, 0) is 14.6 Å². The number of halogens is 2. The standard InChI is InChI=1S/C15H13Cl2NO3S/c16-11-4-3-5-12(10-11)18-15(19)8-9-22(20,21)14-7-2-1-6-13(14)17/h1-7,10H,8-9H2,(H,18,19). The SMILES string of the molecule is O=C(CCS(=O)(=O)c1ccccc1Cl)Nc1cccc(Cl)c1. The third-order valence-electron chi connectivity index (χ3n) is 2.88. The molecule has 0 radical (unpaired) electrons. The maximum atomic E-state index is 12.2. The van der Waals surface area contributed by atoms with Crippen molar-refractivity contribution < 1.29 is 13.2 Å². The fourth-order valence-electron chi connectivity index (χ4n) is 1.82. The van der Waals surface area contributed by atoms with E-state index in [0.29, 0.717) is 10.7 Å². The number of hydrogen-bond acceptors (Lipinski definition) is 3. The maximum Gasteiger partial charge on any atom is 0.225 e. The highest BCUT2D eigenvalue weighted by atomic mass is 35.5. The summed E-state index contributed by atoms with van der Waals surface area (Å²) in [6, 6.07) is 12.8. The lowest BCUT2D eigenvalue weighted by Gasteiger charge is -2.07. The van der Waals surface area contributed by atoms with E-state index >= 15 is 0 Å². The van der Waals surface area contributed by atoms with Gasteiger partial charge in [-0.15, -0.1) is 0 Å². The first-order valence-corrected chi connectivity index (χ1v) is 8.82. The average Bonchev–Trinajstić information content (AvgIpc) is 2.45. The second-order valence-electron chi connectivity index (χ2n) is 4.56. The molecule has 0 aliphatic heterocycles. The van der Waals surface area contributed by atoms with Gasteiger partial charge in [0, 0.05) is 17.1 Å². The fraction of sp³-hybridized carbons (Fsp3) is 0.133. The molecule has 22 heavy (non-hydrogen) atoms. The molecule has 0 atom stereocenters. The minimum absolute atomic E-state index is 0.0345. The van der Waals surface area contributed by atoms with Crippen LogP contribution in [0.3, 0.4) is 0 Å². The van der Waals surface area contributed by atoms with E-state index in [-0.39, 0.29) is 22.1 Å². The van der Waals surface area contributed by atoms with Crippen molar-refractivity contribution in [3.05, 3.63) is 58.6 Å². The number of amides is 1. The van der Waals surface area contributed by atoms with Crippen molar-refractivity contribution in [2.45, 2.75) is 11.3 Å². The van der Waals surface area contributed by atoms with Gasteiger partial charge in [0.05, 0.1) is 15.7 Å². The number of carbonyl (C=O) groups is 1. The largest absolute Gasteiger partial charge is 0.326 e. The highest BCUT2D eigenvalue weighted by Gasteiger charge is 2.19. The van der Waals surface area contributed by atoms with Gasteiger partial charge in [-0.2, -0.15) is 0 Å². The summed E-state index contributed by atoms with van der Waals surface area (Å²) in [6.45, 7) is 0. The van der Waals surface area contributed by atoms with Crippen LogP contribution in [0.25, 0.3) is 0 Å². The molecule has 0 saturated heterocycles. The van der Waals surface area contributed by atoms with Crippen molar-refractivity contribution in [2.24, 2.45) is 0 Å². The van der Waals surface area contributed by atoms with Crippen LogP contribution < -0.4 is 5.32 Å². The first-order valence-electron chi connectivity index (χ1n) is 6.41. The number of nitrogens with one attached hydrogen (secondary N) is 1. The van der Waals surface area contributed by atoms with Gasteiger partial charge in [-0.25, -0.2) is 8.42 Å². The summed E-state index contributed by atoms with van der Waals surface area (Å²) in [4.78, 5) is 11.9. The minimum Gasteiger partial charge on any atom is -0.326 e. The molecule has 7 heteroatoms. The number of sulfone groups is 1. The summed E-state index contributed by atoms with van der Waals surface area (Å²) in [7, 11) is -3.61. The van der Waals surface area contributed by atoms with E-state index in [9.17, 15) is 13.2 Å². The fourth-order valence-corrected chi connectivity index (χ4v) is 3.83. The number of rotatable bonds is 5. The van der Waals surface area contributed by atoms with Crippen LogP contribution in [0.1, 0.15) is 6.42 Å². The Morgan fingerprint density at radius 3 is 2.45 bits per heavy atom. The van der Waals surface area contributed by atoms with Crippen LogP contribution in [0.4, 0.5) is 5.69 Å². The Hall–Kier alpha value is -1.56. The molecule has 0 aliphatic rings. The third-order valence-corrected chi connectivity index (χ3v) is 5.32. The van der Waals surface area contributed by atoms with Crippen LogP contribution >= 0.6 is 23.2 Å². The Morgan fingerprint density at radius 1 is 1.05 bits per heavy atom. The highest BCUT2D eigenvalue weighted by molar-refractivity contribution is 7.91.